The van der Waals surface area contributed by atoms with Crippen LogP contribution in [-0.4, -0.2) is 43.0 Å². The monoisotopic (exact) mass is 402 g/mol. The number of thioether (sulfide) groups is 1. The average Bonchev–Trinajstić information content (AvgIpc) is 2.72. The van der Waals surface area contributed by atoms with E-state index in [1.165, 1.54) is 26.0 Å². The fourth-order valence-corrected chi connectivity index (χ4v) is 2.93. The van der Waals surface area contributed by atoms with Crippen LogP contribution in [0.25, 0.3) is 0 Å². The van der Waals surface area contributed by atoms with E-state index in [1.54, 1.807) is 49.4 Å². The van der Waals surface area contributed by atoms with Gasteiger partial charge in [-0.15, -0.1) is 11.8 Å². The van der Waals surface area contributed by atoms with Gasteiger partial charge >= 0.3 is 5.97 Å². The van der Waals surface area contributed by atoms with Crippen LogP contribution in [0.1, 0.15) is 17.3 Å². The third-order valence-corrected chi connectivity index (χ3v) is 4.93. The Bertz CT molecular complexity index is 839. The standard InChI is InChI=1S/C20H22N2O5S/c1-13(28-12-18(23)27-3)19(24)21-15-10-8-14(9-11-15)20(25)22-16-6-4-5-7-17(16)26-2/h4-11,13H,12H2,1-3H3,(H,21,24)(H,22,25). The van der Waals surface area contributed by atoms with Crippen LogP contribution in [0.4, 0.5) is 11.4 Å². The lowest BCUT2D eigenvalue weighted by Crippen LogP contribution is -2.24. The highest BCUT2D eigenvalue weighted by Crippen LogP contribution is 2.24. The Labute approximate surface area is 167 Å². The number of anilines is 2. The summed E-state index contributed by atoms with van der Waals surface area (Å²) in [7, 11) is 2.84. The molecule has 1 atom stereocenters. The van der Waals surface area contributed by atoms with E-state index in [0.29, 0.717) is 22.7 Å². The highest BCUT2D eigenvalue weighted by molar-refractivity contribution is 8.01. The molecule has 0 aliphatic carbocycles. The van der Waals surface area contributed by atoms with Crippen LogP contribution < -0.4 is 15.4 Å². The highest BCUT2D eigenvalue weighted by Gasteiger charge is 2.16. The van der Waals surface area contributed by atoms with Gasteiger partial charge in [-0.25, -0.2) is 0 Å². The number of carbonyl (C=O) groups excluding carboxylic acids is 3. The smallest absolute Gasteiger partial charge is 0.315 e. The van der Waals surface area contributed by atoms with Crippen molar-refractivity contribution < 1.29 is 23.9 Å². The van der Waals surface area contributed by atoms with Crippen LogP contribution in [0.2, 0.25) is 0 Å². The number of benzene rings is 2. The molecule has 0 radical (unpaired) electrons. The molecule has 0 aliphatic heterocycles. The largest absolute Gasteiger partial charge is 0.495 e. The van der Waals surface area contributed by atoms with Crippen molar-refractivity contribution in [2.45, 2.75) is 12.2 Å². The molecule has 8 heteroatoms. The van der Waals surface area contributed by atoms with Gasteiger partial charge in [0.05, 0.1) is 30.9 Å². The third kappa shape index (κ3) is 6.02. The molecule has 2 N–H and O–H groups in total. The van der Waals surface area contributed by atoms with Crippen molar-refractivity contribution in [1.29, 1.82) is 0 Å². The van der Waals surface area contributed by atoms with Gasteiger partial charge < -0.3 is 20.1 Å². The van der Waals surface area contributed by atoms with Gasteiger partial charge in [0.1, 0.15) is 5.75 Å². The number of nitrogens with one attached hydrogen (secondary N) is 2. The lowest BCUT2D eigenvalue weighted by Gasteiger charge is -2.12. The van der Waals surface area contributed by atoms with E-state index in [-0.39, 0.29) is 23.5 Å². The number of esters is 1. The molecule has 0 aromatic heterocycles. The van der Waals surface area contributed by atoms with Crippen molar-refractivity contribution in [2.24, 2.45) is 0 Å². The van der Waals surface area contributed by atoms with Crippen molar-refractivity contribution >= 4 is 40.9 Å². The first kappa shape index (κ1) is 21.3. The number of carbonyl (C=O) groups is 3. The fraction of sp³-hybridized carbons (Fsp3) is 0.250. The maximum absolute atomic E-state index is 12.4. The summed E-state index contributed by atoms with van der Waals surface area (Å²) < 4.78 is 9.77. The number of rotatable bonds is 8. The summed E-state index contributed by atoms with van der Waals surface area (Å²) in [5.74, 6) is -0.231. The van der Waals surface area contributed by atoms with Crippen molar-refractivity contribution in [2.75, 3.05) is 30.6 Å². The predicted molar refractivity (Wildman–Crippen MR) is 110 cm³/mol. The Balaban J connectivity index is 1.94. The fourth-order valence-electron chi connectivity index (χ4n) is 2.22. The van der Waals surface area contributed by atoms with Crippen LogP contribution >= 0.6 is 11.8 Å². The highest BCUT2D eigenvalue weighted by atomic mass is 32.2. The third-order valence-electron chi connectivity index (χ3n) is 3.82. The maximum Gasteiger partial charge on any atom is 0.315 e. The van der Waals surface area contributed by atoms with Gasteiger partial charge in [0.2, 0.25) is 5.91 Å². The summed E-state index contributed by atoms with van der Waals surface area (Å²) in [5.41, 5.74) is 1.57. The van der Waals surface area contributed by atoms with E-state index in [1.807, 2.05) is 6.07 Å². The Morgan fingerprint density at radius 1 is 1.00 bits per heavy atom. The Morgan fingerprint density at radius 2 is 1.68 bits per heavy atom. The van der Waals surface area contributed by atoms with Gasteiger partial charge in [0.15, 0.2) is 0 Å². The first-order valence-electron chi connectivity index (χ1n) is 8.48. The first-order chi connectivity index (χ1) is 13.4. The zero-order valence-corrected chi connectivity index (χ0v) is 16.7. The molecule has 0 saturated carbocycles. The van der Waals surface area contributed by atoms with E-state index < -0.39 is 5.25 Å². The molecule has 148 valence electrons. The van der Waals surface area contributed by atoms with E-state index in [0.717, 1.165) is 0 Å². The minimum absolute atomic E-state index is 0.104. The summed E-state index contributed by atoms with van der Waals surface area (Å²) in [6, 6.07) is 13.7. The molecule has 0 saturated heterocycles. The van der Waals surface area contributed by atoms with Crippen LogP contribution in [0, 0.1) is 0 Å². The van der Waals surface area contributed by atoms with E-state index in [9.17, 15) is 14.4 Å². The summed E-state index contributed by atoms with van der Waals surface area (Å²) in [4.78, 5) is 35.7. The number of amides is 2. The Morgan fingerprint density at radius 3 is 2.32 bits per heavy atom. The molecule has 2 aromatic rings. The Kier molecular flexibility index (Phi) is 7.88. The van der Waals surface area contributed by atoms with Crippen LogP contribution in [0.5, 0.6) is 5.75 Å². The van der Waals surface area contributed by atoms with Gasteiger partial charge in [-0.05, 0) is 43.3 Å². The number of hydrogen-bond donors (Lipinski definition) is 2. The minimum Gasteiger partial charge on any atom is -0.495 e. The molecular weight excluding hydrogens is 380 g/mol. The van der Waals surface area contributed by atoms with E-state index in [4.69, 9.17) is 4.74 Å². The van der Waals surface area contributed by atoms with Gasteiger partial charge in [0, 0.05) is 11.3 Å². The van der Waals surface area contributed by atoms with Gasteiger partial charge in [-0.1, -0.05) is 12.1 Å². The Hall–Kier alpha value is -3.00. The molecule has 0 spiro atoms. The lowest BCUT2D eigenvalue weighted by molar-refractivity contribution is -0.137. The zero-order valence-electron chi connectivity index (χ0n) is 15.9. The number of ether oxygens (including phenoxy) is 2. The molecule has 1 unspecified atom stereocenters. The van der Waals surface area contributed by atoms with Gasteiger partial charge in [-0.3, -0.25) is 14.4 Å². The van der Waals surface area contributed by atoms with Crippen molar-refractivity contribution in [1.82, 2.24) is 0 Å². The SMILES string of the molecule is COC(=O)CSC(C)C(=O)Nc1ccc(C(=O)Nc2ccccc2OC)cc1. The number of para-hydroxylation sites is 2. The molecule has 2 rings (SSSR count). The van der Waals surface area contributed by atoms with Crippen molar-refractivity contribution in [3.8, 4) is 5.75 Å². The average molecular weight is 402 g/mol. The maximum atomic E-state index is 12.4. The van der Waals surface area contributed by atoms with Crippen molar-refractivity contribution in [3.05, 3.63) is 54.1 Å². The molecular formula is C20H22N2O5S. The molecule has 0 aliphatic rings. The minimum atomic E-state index is -0.423. The quantitative estimate of drug-likeness (QED) is 0.659. The molecule has 0 heterocycles. The van der Waals surface area contributed by atoms with Gasteiger partial charge in [-0.2, -0.15) is 0 Å². The first-order valence-corrected chi connectivity index (χ1v) is 9.53. The predicted octanol–water partition coefficient (Wildman–Crippen LogP) is 3.18. The second kappa shape index (κ2) is 10.4. The normalized spacial score (nSPS) is 11.2. The van der Waals surface area contributed by atoms with Crippen molar-refractivity contribution in [3.63, 3.8) is 0 Å². The van der Waals surface area contributed by atoms with E-state index >= 15 is 0 Å². The summed E-state index contributed by atoms with van der Waals surface area (Å²) in [6.07, 6.45) is 0. The van der Waals surface area contributed by atoms with E-state index in [2.05, 4.69) is 15.4 Å². The molecule has 2 aromatic carbocycles. The second-order valence-corrected chi connectivity index (χ2v) is 7.08. The summed E-state index contributed by atoms with van der Waals surface area (Å²) >= 11 is 1.19. The van der Waals surface area contributed by atoms with Crippen LogP contribution in [-0.2, 0) is 14.3 Å². The van der Waals surface area contributed by atoms with Crippen LogP contribution in [0.15, 0.2) is 48.5 Å². The molecule has 28 heavy (non-hydrogen) atoms. The molecule has 2 amide bonds. The second-order valence-electron chi connectivity index (χ2n) is 5.75. The summed E-state index contributed by atoms with van der Waals surface area (Å²) in [5, 5.41) is 5.12. The number of methoxy groups -OCH3 is 2. The molecule has 7 nitrogen and oxygen atoms in total. The summed E-state index contributed by atoms with van der Waals surface area (Å²) in [6.45, 7) is 1.71. The topological polar surface area (TPSA) is 93.7 Å². The molecule has 0 fully saturated rings. The van der Waals surface area contributed by atoms with Crippen LogP contribution in [0.3, 0.4) is 0 Å². The van der Waals surface area contributed by atoms with Gasteiger partial charge in [0.25, 0.3) is 5.91 Å². The lowest BCUT2D eigenvalue weighted by atomic mass is 10.2. The zero-order chi connectivity index (χ0) is 20.5. The number of hydrogen-bond acceptors (Lipinski definition) is 6. The molecule has 0 bridgehead atoms.